The summed E-state index contributed by atoms with van der Waals surface area (Å²) in [5.41, 5.74) is 1.98. The van der Waals surface area contributed by atoms with Crippen molar-refractivity contribution in [3.8, 4) is 0 Å². The average Bonchev–Trinajstić information content (AvgIpc) is 2.74. The molecule has 0 aromatic heterocycles. The van der Waals surface area contributed by atoms with Gasteiger partial charge in [-0.25, -0.2) is 13.1 Å². The van der Waals surface area contributed by atoms with Crippen LogP contribution in [0.3, 0.4) is 0 Å². The van der Waals surface area contributed by atoms with Crippen LogP contribution in [-0.4, -0.2) is 63.9 Å². The number of rotatable bonds is 5. The van der Waals surface area contributed by atoms with Gasteiger partial charge in [0.15, 0.2) is 0 Å². The second-order valence-corrected chi connectivity index (χ2v) is 8.20. The maximum absolute atomic E-state index is 12.3. The highest BCUT2D eigenvalue weighted by atomic mass is 32.2. The van der Waals surface area contributed by atoms with Gasteiger partial charge in [-0.05, 0) is 57.1 Å². The van der Waals surface area contributed by atoms with Crippen LogP contribution in [0.4, 0.5) is 0 Å². The number of carbonyl (C=O) groups excluding carboxylic acids is 1. The van der Waals surface area contributed by atoms with Gasteiger partial charge in [0.1, 0.15) is 0 Å². The zero-order valence-electron chi connectivity index (χ0n) is 14.7. The molecule has 2 rings (SSSR count). The lowest BCUT2D eigenvalue weighted by molar-refractivity contribution is -0.130. The molecule has 1 aromatic rings. The van der Waals surface area contributed by atoms with Gasteiger partial charge in [-0.1, -0.05) is 6.07 Å². The number of nitrogens with zero attached hydrogens (tertiary/aromatic N) is 2. The van der Waals surface area contributed by atoms with E-state index in [9.17, 15) is 13.2 Å². The van der Waals surface area contributed by atoms with Crippen molar-refractivity contribution >= 4 is 15.9 Å². The minimum Gasteiger partial charge on any atom is -0.341 e. The molecule has 0 spiro atoms. The van der Waals surface area contributed by atoms with Crippen LogP contribution < -0.4 is 4.72 Å². The molecule has 0 saturated carbocycles. The number of aryl methyl sites for hydroxylation is 2. The predicted molar refractivity (Wildman–Crippen MR) is 94.4 cm³/mol. The number of benzene rings is 1. The smallest absolute Gasteiger partial charge is 0.240 e. The third kappa shape index (κ3) is 5.03. The summed E-state index contributed by atoms with van der Waals surface area (Å²) in [5, 5.41) is 0. The van der Waals surface area contributed by atoms with Crippen LogP contribution in [0.2, 0.25) is 0 Å². The van der Waals surface area contributed by atoms with E-state index in [2.05, 4.69) is 9.62 Å². The fourth-order valence-corrected chi connectivity index (χ4v) is 3.83. The topological polar surface area (TPSA) is 69.7 Å². The lowest BCUT2D eigenvalue weighted by atomic mass is 10.1. The van der Waals surface area contributed by atoms with Crippen LogP contribution in [0, 0.1) is 13.8 Å². The predicted octanol–water partition coefficient (Wildman–Crippen LogP) is 1.14. The molecule has 0 aliphatic carbocycles. The van der Waals surface area contributed by atoms with Crippen molar-refractivity contribution in [3.05, 3.63) is 29.3 Å². The van der Waals surface area contributed by atoms with Gasteiger partial charge in [0.2, 0.25) is 15.9 Å². The van der Waals surface area contributed by atoms with E-state index in [0.717, 1.165) is 37.2 Å². The fraction of sp³-hybridized carbons (Fsp3) is 0.588. The number of sulfonamides is 1. The summed E-state index contributed by atoms with van der Waals surface area (Å²) in [7, 11) is -1.52. The first-order valence-electron chi connectivity index (χ1n) is 8.33. The summed E-state index contributed by atoms with van der Waals surface area (Å²) in [4.78, 5) is 16.5. The van der Waals surface area contributed by atoms with E-state index < -0.39 is 10.0 Å². The molecule has 1 amide bonds. The highest BCUT2D eigenvalue weighted by Crippen LogP contribution is 2.14. The molecule has 1 aromatic carbocycles. The molecule has 1 heterocycles. The second kappa shape index (κ2) is 8.09. The number of hydrogen-bond donors (Lipinski definition) is 1. The van der Waals surface area contributed by atoms with Crippen molar-refractivity contribution in [1.29, 1.82) is 0 Å². The van der Waals surface area contributed by atoms with Crippen molar-refractivity contribution in [2.45, 2.75) is 31.6 Å². The molecule has 24 heavy (non-hydrogen) atoms. The molecule has 1 N–H and O–H groups in total. The van der Waals surface area contributed by atoms with Crippen LogP contribution in [0.5, 0.6) is 0 Å². The Labute approximate surface area is 144 Å². The molecule has 134 valence electrons. The first kappa shape index (κ1) is 18.9. The normalized spacial score (nSPS) is 16.9. The SMILES string of the molecule is Cc1ccc(S(=O)(=O)NCCC(=O)N2CCCN(C)CC2)cc1C. The molecule has 0 radical (unpaired) electrons. The number of likely N-dealkylation sites (N-methyl/N-ethyl adjacent to an activating group) is 1. The summed E-state index contributed by atoms with van der Waals surface area (Å²) in [6, 6.07) is 5.05. The monoisotopic (exact) mass is 353 g/mol. The van der Waals surface area contributed by atoms with Crippen molar-refractivity contribution in [3.63, 3.8) is 0 Å². The van der Waals surface area contributed by atoms with E-state index in [1.807, 2.05) is 25.8 Å². The molecular weight excluding hydrogens is 326 g/mol. The van der Waals surface area contributed by atoms with E-state index in [0.29, 0.717) is 6.54 Å². The molecular formula is C17H27N3O3S. The van der Waals surface area contributed by atoms with Crippen LogP contribution in [0.25, 0.3) is 0 Å². The van der Waals surface area contributed by atoms with E-state index in [4.69, 9.17) is 0 Å². The van der Waals surface area contributed by atoms with Gasteiger partial charge in [0, 0.05) is 32.6 Å². The van der Waals surface area contributed by atoms with Crippen molar-refractivity contribution in [2.24, 2.45) is 0 Å². The standard InChI is InChI=1S/C17H27N3O3S/c1-14-5-6-16(13-15(14)2)24(22,23)18-8-7-17(21)20-10-4-9-19(3)11-12-20/h5-6,13,18H,4,7-12H2,1-3H3. The summed E-state index contributed by atoms with van der Waals surface area (Å²) < 4.78 is 27.1. The summed E-state index contributed by atoms with van der Waals surface area (Å²) in [6.07, 6.45) is 1.14. The Morgan fingerprint density at radius 1 is 1.12 bits per heavy atom. The van der Waals surface area contributed by atoms with Crippen LogP contribution in [-0.2, 0) is 14.8 Å². The van der Waals surface area contributed by atoms with E-state index >= 15 is 0 Å². The van der Waals surface area contributed by atoms with Gasteiger partial charge < -0.3 is 9.80 Å². The zero-order chi connectivity index (χ0) is 17.7. The minimum atomic E-state index is -3.57. The van der Waals surface area contributed by atoms with E-state index in [-0.39, 0.29) is 23.8 Å². The minimum absolute atomic E-state index is 0.00749. The molecule has 1 aliphatic heterocycles. The van der Waals surface area contributed by atoms with Crippen molar-refractivity contribution < 1.29 is 13.2 Å². The number of amides is 1. The molecule has 0 unspecified atom stereocenters. The number of carbonyl (C=O) groups is 1. The zero-order valence-corrected chi connectivity index (χ0v) is 15.5. The van der Waals surface area contributed by atoms with Crippen LogP contribution >= 0.6 is 0 Å². The van der Waals surface area contributed by atoms with Gasteiger partial charge in [0.05, 0.1) is 4.90 Å². The Kier molecular flexibility index (Phi) is 6.37. The van der Waals surface area contributed by atoms with Gasteiger partial charge in [-0.2, -0.15) is 0 Å². The molecule has 0 bridgehead atoms. The largest absolute Gasteiger partial charge is 0.341 e. The molecule has 7 heteroatoms. The van der Waals surface area contributed by atoms with E-state index in [1.54, 1.807) is 18.2 Å². The Bertz CT molecular complexity index is 688. The van der Waals surface area contributed by atoms with Gasteiger partial charge >= 0.3 is 0 Å². The summed E-state index contributed by atoms with van der Waals surface area (Å²) in [6.45, 7) is 7.25. The van der Waals surface area contributed by atoms with Gasteiger partial charge in [-0.3, -0.25) is 4.79 Å². The number of hydrogen-bond acceptors (Lipinski definition) is 4. The maximum Gasteiger partial charge on any atom is 0.240 e. The van der Waals surface area contributed by atoms with Gasteiger partial charge in [-0.15, -0.1) is 0 Å². The Morgan fingerprint density at radius 2 is 1.88 bits per heavy atom. The van der Waals surface area contributed by atoms with Crippen LogP contribution in [0.15, 0.2) is 23.1 Å². The lowest BCUT2D eigenvalue weighted by Crippen LogP contribution is -2.36. The fourth-order valence-electron chi connectivity index (χ4n) is 2.71. The highest BCUT2D eigenvalue weighted by Gasteiger charge is 2.19. The van der Waals surface area contributed by atoms with E-state index in [1.165, 1.54) is 0 Å². The van der Waals surface area contributed by atoms with Gasteiger partial charge in [0.25, 0.3) is 0 Å². The quantitative estimate of drug-likeness (QED) is 0.862. The number of nitrogens with one attached hydrogen (secondary N) is 1. The van der Waals surface area contributed by atoms with Crippen LogP contribution in [0.1, 0.15) is 24.0 Å². The molecule has 1 saturated heterocycles. The van der Waals surface area contributed by atoms with Crippen molar-refractivity contribution in [1.82, 2.24) is 14.5 Å². The first-order chi connectivity index (χ1) is 11.3. The maximum atomic E-state index is 12.3. The Morgan fingerprint density at radius 3 is 2.58 bits per heavy atom. The second-order valence-electron chi connectivity index (χ2n) is 6.43. The molecule has 6 nitrogen and oxygen atoms in total. The molecule has 1 aliphatic rings. The third-order valence-electron chi connectivity index (χ3n) is 4.49. The first-order valence-corrected chi connectivity index (χ1v) is 9.81. The lowest BCUT2D eigenvalue weighted by Gasteiger charge is -2.20. The Hall–Kier alpha value is -1.44. The van der Waals surface area contributed by atoms with Crippen molar-refractivity contribution in [2.75, 3.05) is 39.8 Å². The summed E-state index contributed by atoms with van der Waals surface area (Å²) in [5.74, 6) is 0.00749. The molecule has 1 fully saturated rings. The average molecular weight is 353 g/mol. The summed E-state index contributed by atoms with van der Waals surface area (Å²) >= 11 is 0. The highest BCUT2D eigenvalue weighted by molar-refractivity contribution is 7.89. The Balaban J connectivity index is 1.88. The molecule has 0 atom stereocenters. The third-order valence-corrected chi connectivity index (χ3v) is 5.95.